The summed E-state index contributed by atoms with van der Waals surface area (Å²) in [6.07, 6.45) is 8.73. The maximum absolute atomic E-state index is 2.78. The van der Waals surface area contributed by atoms with Crippen molar-refractivity contribution in [1.82, 2.24) is 4.90 Å². The molecule has 0 spiro atoms. The van der Waals surface area contributed by atoms with Crippen molar-refractivity contribution in [3.8, 4) is 0 Å². The van der Waals surface area contributed by atoms with Crippen LogP contribution in [0.4, 0.5) is 0 Å². The van der Waals surface area contributed by atoms with Gasteiger partial charge in [0.05, 0.1) is 0 Å². The fourth-order valence-corrected chi connectivity index (χ4v) is 2.30. The minimum atomic E-state index is 0.834. The summed E-state index contributed by atoms with van der Waals surface area (Å²) in [5.74, 6) is 2.13. The molecule has 0 heterocycles. The molecule has 0 radical (unpaired) electrons. The van der Waals surface area contributed by atoms with Crippen LogP contribution in [0.15, 0.2) is 0 Å². The summed E-state index contributed by atoms with van der Waals surface area (Å²) in [6.45, 7) is 7.53. The van der Waals surface area contributed by atoms with Crippen LogP contribution >= 0.6 is 0 Å². The van der Waals surface area contributed by atoms with Gasteiger partial charge in [0, 0.05) is 19.1 Å². The Morgan fingerprint density at radius 1 is 1.07 bits per heavy atom. The largest absolute Gasteiger partial charge is 0.300 e. The van der Waals surface area contributed by atoms with Crippen molar-refractivity contribution >= 4 is 0 Å². The van der Waals surface area contributed by atoms with E-state index < -0.39 is 0 Å². The average Bonchev–Trinajstić information content (AvgIpc) is 2.97. The fraction of sp³-hybridized carbons (Fsp3) is 1.00. The molecule has 14 heavy (non-hydrogen) atoms. The van der Waals surface area contributed by atoms with Crippen LogP contribution in [0.2, 0.25) is 0 Å². The smallest absolute Gasteiger partial charge is 0.00670 e. The molecule has 0 saturated heterocycles. The third-order valence-electron chi connectivity index (χ3n) is 3.71. The van der Waals surface area contributed by atoms with Crippen LogP contribution < -0.4 is 0 Å². The first-order valence-electron chi connectivity index (χ1n) is 6.53. The minimum absolute atomic E-state index is 0.834. The molecule has 1 atom stereocenters. The van der Waals surface area contributed by atoms with Crippen molar-refractivity contribution in [1.29, 1.82) is 0 Å². The van der Waals surface area contributed by atoms with Gasteiger partial charge in [-0.2, -0.15) is 0 Å². The van der Waals surface area contributed by atoms with Gasteiger partial charge in [0.25, 0.3) is 0 Å². The van der Waals surface area contributed by atoms with Gasteiger partial charge < -0.3 is 4.90 Å². The molecule has 2 aliphatic carbocycles. The quantitative estimate of drug-likeness (QED) is 0.602. The number of hydrogen-bond acceptors (Lipinski definition) is 1. The Hall–Kier alpha value is -0.0400. The van der Waals surface area contributed by atoms with Crippen LogP contribution in [0.25, 0.3) is 0 Å². The van der Waals surface area contributed by atoms with Gasteiger partial charge in [-0.05, 0) is 50.9 Å². The third kappa shape index (κ3) is 3.27. The first-order valence-corrected chi connectivity index (χ1v) is 6.53. The van der Waals surface area contributed by atoms with Gasteiger partial charge in [-0.3, -0.25) is 0 Å². The Morgan fingerprint density at radius 3 is 1.93 bits per heavy atom. The molecule has 1 heteroatoms. The number of hydrogen-bond donors (Lipinski definition) is 0. The summed E-state index contributed by atoms with van der Waals surface area (Å²) in [6, 6.07) is 0.834. The van der Waals surface area contributed by atoms with E-state index in [1.807, 2.05) is 0 Å². The zero-order chi connectivity index (χ0) is 9.97. The Morgan fingerprint density at radius 2 is 1.57 bits per heavy atom. The number of rotatable bonds is 7. The van der Waals surface area contributed by atoms with Gasteiger partial charge in [0.2, 0.25) is 0 Å². The van der Waals surface area contributed by atoms with Crippen molar-refractivity contribution < 1.29 is 0 Å². The molecular formula is C13H25N. The van der Waals surface area contributed by atoms with E-state index in [0.29, 0.717) is 0 Å². The van der Waals surface area contributed by atoms with Crippen molar-refractivity contribution in [2.24, 2.45) is 11.8 Å². The second-order valence-electron chi connectivity index (χ2n) is 5.48. The van der Waals surface area contributed by atoms with Crippen molar-refractivity contribution in [2.45, 2.75) is 58.4 Å². The summed E-state index contributed by atoms with van der Waals surface area (Å²) < 4.78 is 0. The molecule has 2 fully saturated rings. The van der Waals surface area contributed by atoms with E-state index in [1.165, 1.54) is 51.6 Å². The van der Waals surface area contributed by atoms with Gasteiger partial charge in [-0.15, -0.1) is 0 Å². The second kappa shape index (κ2) is 4.65. The maximum atomic E-state index is 2.78. The Bertz CT molecular complexity index is 156. The zero-order valence-electron chi connectivity index (χ0n) is 9.84. The second-order valence-corrected chi connectivity index (χ2v) is 5.48. The maximum Gasteiger partial charge on any atom is 0.00670 e. The van der Waals surface area contributed by atoms with Crippen LogP contribution in [0.5, 0.6) is 0 Å². The SMILES string of the molecule is CCCC(C)N(CC1CC1)CC1CC1. The van der Waals surface area contributed by atoms with Crippen LogP contribution in [-0.2, 0) is 0 Å². The molecule has 2 rings (SSSR count). The highest BCUT2D eigenvalue weighted by atomic mass is 15.2. The Balaban J connectivity index is 1.75. The standard InChI is InChI=1S/C13H25N/c1-3-4-11(2)14(9-12-5-6-12)10-13-7-8-13/h11-13H,3-10H2,1-2H3. The molecule has 82 valence electrons. The molecule has 2 saturated carbocycles. The molecule has 0 aliphatic heterocycles. The predicted molar refractivity (Wildman–Crippen MR) is 61.4 cm³/mol. The van der Waals surface area contributed by atoms with Gasteiger partial charge in [-0.25, -0.2) is 0 Å². The molecule has 1 nitrogen and oxygen atoms in total. The van der Waals surface area contributed by atoms with Gasteiger partial charge in [0.1, 0.15) is 0 Å². The van der Waals surface area contributed by atoms with Crippen LogP contribution in [-0.4, -0.2) is 24.0 Å². The van der Waals surface area contributed by atoms with E-state index >= 15 is 0 Å². The topological polar surface area (TPSA) is 3.24 Å². The predicted octanol–water partition coefficient (Wildman–Crippen LogP) is 3.30. The van der Waals surface area contributed by atoms with Crippen molar-refractivity contribution in [3.05, 3.63) is 0 Å². The van der Waals surface area contributed by atoms with Crippen molar-refractivity contribution in [3.63, 3.8) is 0 Å². The molecule has 0 aromatic rings. The summed E-state index contributed by atoms with van der Waals surface area (Å²) in [7, 11) is 0. The normalized spacial score (nSPS) is 24.2. The molecule has 0 aromatic heterocycles. The molecule has 2 aliphatic rings. The average molecular weight is 195 g/mol. The van der Waals surface area contributed by atoms with Crippen LogP contribution in [0.3, 0.4) is 0 Å². The first-order chi connectivity index (χ1) is 6.79. The van der Waals surface area contributed by atoms with Crippen LogP contribution in [0.1, 0.15) is 52.4 Å². The third-order valence-corrected chi connectivity index (χ3v) is 3.71. The summed E-state index contributed by atoms with van der Waals surface area (Å²) in [4.78, 5) is 2.78. The molecule has 0 aromatic carbocycles. The van der Waals surface area contributed by atoms with E-state index in [1.54, 1.807) is 0 Å². The zero-order valence-corrected chi connectivity index (χ0v) is 9.84. The summed E-state index contributed by atoms with van der Waals surface area (Å²) >= 11 is 0. The minimum Gasteiger partial charge on any atom is -0.300 e. The van der Waals surface area contributed by atoms with E-state index in [9.17, 15) is 0 Å². The lowest BCUT2D eigenvalue weighted by Crippen LogP contribution is -2.36. The molecule has 0 amide bonds. The Kier molecular flexibility index (Phi) is 3.48. The molecular weight excluding hydrogens is 170 g/mol. The summed E-state index contributed by atoms with van der Waals surface area (Å²) in [5, 5.41) is 0. The van der Waals surface area contributed by atoms with Crippen LogP contribution in [0, 0.1) is 11.8 Å². The van der Waals surface area contributed by atoms with Gasteiger partial charge >= 0.3 is 0 Å². The highest BCUT2D eigenvalue weighted by Crippen LogP contribution is 2.34. The van der Waals surface area contributed by atoms with E-state index in [4.69, 9.17) is 0 Å². The fourth-order valence-electron chi connectivity index (χ4n) is 2.30. The lowest BCUT2D eigenvalue weighted by atomic mass is 10.1. The van der Waals surface area contributed by atoms with E-state index in [2.05, 4.69) is 18.7 Å². The lowest BCUT2D eigenvalue weighted by molar-refractivity contribution is 0.182. The van der Waals surface area contributed by atoms with Crippen molar-refractivity contribution in [2.75, 3.05) is 13.1 Å². The van der Waals surface area contributed by atoms with Gasteiger partial charge in [0.15, 0.2) is 0 Å². The highest BCUT2D eigenvalue weighted by molar-refractivity contribution is 4.84. The number of nitrogens with zero attached hydrogens (tertiary/aromatic N) is 1. The van der Waals surface area contributed by atoms with E-state index in [-0.39, 0.29) is 0 Å². The molecule has 0 N–H and O–H groups in total. The highest BCUT2D eigenvalue weighted by Gasteiger charge is 2.30. The Labute approximate surface area is 88.9 Å². The summed E-state index contributed by atoms with van der Waals surface area (Å²) in [5.41, 5.74) is 0. The van der Waals surface area contributed by atoms with Gasteiger partial charge in [-0.1, -0.05) is 13.3 Å². The first kappa shape index (κ1) is 10.5. The molecule has 0 bridgehead atoms. The monoisotopic (exact) mass is 195 g/mol. The van der Waals surface area contributed by atoms with E-state index in [0.717, 1.165) is 17.9 Å². The molecule has 1 unspecified atom stereocenters. The lowest BCUT2D eigenvalue weighted by Gasteiger charge is -2.29.